The van der Waals surface area contributed by atoms with Gasteiger partial charge in [0.05, 0.1) is 9.21 Å². The first-order chi connectivity index (χ1) is 9.04. The molecule has 0 aliphatic rings. The highest BCUT2D eigenvalue weighted by Gasteiger charge is 2.12. The number of hydrogen-bond donors (Lipinski definition) is 1. The second kappa shape index (κ2) is 6.23. The Kier molecular flexibility index (Phi) is 4.62. The molecule has 2 heterocycles. The molecule has 100 valence electrons. The summed E-state index contributed by atoms with van der Waals surface area (Å²) in [6.07, 6.45) is 0.271. The minimum absolute atomic E-state index is 0.0829. The molecule has 2 aromatic heterocycles. The highest BCUT2D eigenvalue weighted by molar-refractivity contribution is 7.18. The monoisotopic (exact) mass is 315 g/mol. The van der Waals surface area contributed by atoms with Gasteiger partial charge >= 0.3 is 0 Å². The molecule has 0 unspecified atom stereocenters. The van der Waals surface area contributed by atoms with Crippen molar-refractivity contribution < 1.29 is 9.59 Å². The minimum Gasteiger partial charge on any atom is -0.301 e. The molecule has 0 radical (unpaired) electrons. The number of nitrogens with one attached hydrogen (secondary N) is 1. The maximum atomic E-state index is 11.8. The molecular weight excluding hydrogens is 306 g/mol. The van der Waals surface area contributed by atoms with E-state index < -0.39 is 0 Å². The fraction of sp³-hybridized carbons (Fsp3) is 0.273. The molecule has 19 heavy (non-hydrogen) atoms. The van der Waals surface area contributed by atoms with E-state index in [2.05, 4.69) is 15.5 Å². The van der Waals surface area contributed by atoms with Crippen molar-refractivity contribution in [1.82, 2.24) is 10.2 Å². The van der Waals surface area contributed by atoms with Gasteiger partial charge in [0.25, 0.3) is 0 Å². The van der Waals surface area contributed by atoms with E-state index in [4.69, 9.17) is 11.6 Å². The number of aromatic nitrogens is 2. The smallest absolute Gasteiger partial charge is 0.226 e. The lowest BCUT2D eigenvalue weighted by Crippen LogP contribution is -2.13. The first-order valence-corrected chi connectivity index (χ1v) is 7.44. The van der Waals surface area contributed by atoms with E-state index in [1.165, 1.54) is 22.7 Å². The summed E-state index contributed by atoms with van der Waals surface area (Å²) in [4.78, 5) is 24.0. The summed E-state index contributed by atoms with van der Waals surface area (Å²) in [5.74, 6) is -0.326. The van der Waals surface area contributed by atoms with Gasteiger partial charge in [0.15, 0.2) is 5.78 Å². The van der Waals surface area contributed by atoms with E-state index in [0.29, 0.717) is 14.3 Å². The molecule has 0 saturated heterocycles. The summed E-state index contributed by atoms with van der Waals surface area (Å²) in [5, 5.41) is 11.4. The predicted molar refractivity (Wildman–Crippen MR) is 76.2 cm³/mol. The fourth-order valence-electron chi connectivity index (χ4n) is 1.34. The number of ketones is 1. The lowest BCUT2D eigenvalue weighted by atomic mass is 10.2. The third-order valence-corrected chi connectivity index (χ3v) is 4.23. The van der Waals surface area contributed by atoms with E-state index in [9.17, 15) is 9.59 Å². The van der Waals surface area contributed by atoms with Gasteiger partial charge in [-0.15, -0.1) is 21.5 Å². The van der Waals surface area contributed by atoms with Gasteiger partial charge in [-0.3, -0.25) is 9.59 Å². The zero-order valence-corrected chi connectivity index (χ0v) is 12.4. The van der Waals surface area contributed by atoms with Gasteiger partial charge in [-0.05, 0) is 19.1 Å². The number of amides is 1. The van der Waals surface area contributed by atoms with Crippen LogP contribution in [-0.2, 0) is 4.79 Å². The van der Waals surface area contributed by atoms with Crippen LogP contribution in [0.4, 0.5) is 5.13 Å². The lowest BCUT2D eigenvalue weighted by molar-refractivity contribution is -0.116. The van der Waals surface area contributed by atoms with Crippen molar-refractivity contribution in [2.45, 2.75) is 19.8 Å². The molecule has 2 aromatic rings. The number of hydrogen-bond acceptors (Lipinski definition) is 6. The van der Waals surface area contributed by atoms with Crippen LogP contribution in [0.3, 0.4) is 0 Å². The standard InChI is InChI=1S/C11H10ClN3O2S2/c1-6-14-15-11(18-6)13-10(17)5-2-7(16)8-3-4-9(12)19-8/h3-4H,2,5H2,1H3,(H,13,15,17). The number of Topliss-reactive ketones (excluding diaryl/α,β-unsaturated/α-hetero) is 1. The van der Waals surface area contributed by atoms with Crippen LogP contribution in [0.5, 0.6) is 0 Å². The Morgan fingerprint density at radius 3 is 2.63 bits per heavy atom. The molecule has 0 aliphatic carbocycles. The highest BCUT2D eigenvalue weighted by atomic mass is 35.5. The van der Waals surface area contributed by atoms with Gasteiger partial charge in [0, 0.05) is 12.8 Å². The Morgan fingerprint density at radius 1 is 1.26 bits per heavy atom. The Morgan fingerprint density at radius 2 is 2.05 bits per heavy atom. The molecule has 0 aromatic carbocycles. The number of nitrogens with zero attached hydrogens (tertiary/aromatic N) is 2. The Bertz CT molecular complexity index is 609. The van der Waals surface area contributed by atoms with Crippen molar-refractivity contribution in [2.24, 2.45) is 0 Å². The third-order valence-electron chi connectivity index (χ3n) is 2.20. The van der Waals surface area contributed by atoms with Crippen LogP contribution in [0, 0.1) is 6.92 Å². The SMILES string of the molecule is Cc1nnc(NC(=O)CCC(=O)c2ccc(Cl)s2)s1. The second-order valence-corrected chi connectivity index (χ2v) is 6.60. The molecule has 0 saturated carbocycles. The van der Waals surface area contributed by atoms with E-state index in [0.717, 1.165) is 5.01 Å². The van der Waals surface area contributed by atoms with Crippen LogP contribution in [0.1, 0.15) is 27.5 Å². The van der Waals surface area contributed by atoms with Crippen molar-refractivity contribution in [3.8, 4) is 0 Å². The zero-order valence-electron chi connectivity index (χ0n) is 9.97. The van der Waals surface area contributed by atoms with Gasteiger partial charge in [0.1, 0.15) is 5.01 Å². The van der Waals surface area contributed by atoms with Crippen molar-refractivity contribution >= 4 is 51.1 Å². The average Bonchev–Trinajstić information content (AvgIpc) is 2.95. The minimum atomic E-state index is -0.243. The second-order valence-electron chi connectivity index (χ2n) is 3.70. The average molecular weight is 316 g/mol. The van der Waals surface area contributed by atoms with Gasteiger partial charge < -0.3 is 5.32 Å². The maximum absolute atomic E-state index is 11.8. The third kappa shape index (κ3) is 4.09. The van der Waals surface area contributed by atoms with E-state index >= 15 is 0 Å². The molecule has 0 bridgehead atoms. The van der Waals surface area contributed by atoms with Crippen molar-refractivity contribution in [3.63, 3.8) is 0 Å². The number of rotatable bonds is 5. The van der Waals surface area contributed by atoms with Crippen molar-refractivity contribution in [2.75, 3.05) is 5.32 Å². The van der Waals surface area contributed by atoms with Gasteiger partial charge in [-0.2, -0.15) is 0 Å². The molecule has 0 fully saturated rings. The first kappa shape index (κ1) is 14.1. The molecule has 0 spiro atoms. The summed E-state index contributed by atoms with van der Waals surface area (Å²) in [7, 11) is 0. The summed E-state index contributed by atoms with van der Waals surface area (Å²) < 4.78 is 0.567. The van der Waals surface area contributed by atoms with Gasteiger partial charge in [-0.25, -0.2) is 0 Å². The Labute approximate surface area is 122 Å². The summed E-state index contributed by atoms with van der Waals surface area (Å²) in [5.41, 5.74) is 0. The van der Waals surface area contributed by atoms with Crippen LogP contribution >= 0.6 is 34.3 Å². The van der Waals surface area contributed by atoms with Crippen LogP contribution in [0.15, 0.2) is 12.1 Å². The number of halogens is 1. The van der Waals surface area contributed by atoms with Crippen molar-refractivity contribution in [3.05, 3.63) is 26.4 Å². The fourth-order valence-corrected chi connectivity index (χ4v) is 2.96. The maximum Gasteiger partial charge on any atom is 0.226 e. The Hall–Kier alpha value is -1.31. The molecule has 2 rings (SSSR count). The van der Waals surface area contributed by atoms with E-state index in [-0.39, 0.29) is 24.5 Å². The van der Waals surface area contributed by atoms with Crippen LogP contribution in [-0.4, -0.2) is 21.9 Å². The predicted octanol–water partition coefficient (Wildman–Crippen LogP) is 3.16. The molecule has 1 N–H and O–H groups in total. The first-order valence-electron chi connectivity index (χ1n) is 5.43. The number of carbonyl (C=O) groups excluding carboxylic acids is 2. The van der Waals surface area contributed by atoms with E-state index in [1.807, 2.05) is 0 Å². The summed E-state index contributed by atoms with van der Waals surface area (Å²) in [6, 6.07) is 3.34. The number of thiophene rings is 1. The molecule has 0 aliphatic heterocycles. The molecule has 0 atom stereocenters. The van der Waals surface area contributed by atoms with E-state index in [1.54, 1.807) is 19.1 Å². The van der Waals surface area contributed by atoms with Gasteiger partial charge in [-0.1, -0.05) is 22.9 Å². The molecular formula is C11H10ClN3O2S2. The highest BCUT2D eigenvalue weighted by Crippen LogP contribution is 2.23. The number of aryl methyl sites for hydroxylation is 1. The van der Waals surface area contributed by atoms with Gasteiger partial charge in [0.2, 0.25) is 11.0 Å². The topological polar surface area (TPSA) is 72.0 Å². The zero-order chi connectivity index (χ0) is 13.8. The lowest BCUT2D eigenvalue weighted by Gasteiger charge is -1.99. The van der Waals surface area contributed by atoms with Crippen LogP contribution < -0.4 is 5.32 Å². The summed E-state index contributed by atoms with van der Waals surface area (Å²) >= 11 is 8.26. The Balaban J connectivity index is 1.82. The number of anilines is 1. The number of carbonyl (C=O) groups is 2. The largest absolute Gasteiger partial charge is 0.301 e. The van der Waals surface area contributed by atoms with Crippen LogP contribution in [0.2, 0.25) is 4.34 Å². The quantitative estimate of drug-likeness (QED) is 0.860. The molecule has 5 nitrogen and oxygen atoms in total. The van der Waals surface area contributed by atoms with Crippen molar-refractivity contribution in [1.29, 1.82) is 0 Å². The summed E-state index contributed by atoms with van der Waals surface area (Å²) in [6.45, 7) is 1.80. The van der Waals surface area contributed by atoms with Crippen LogP contribution in [0.25, 0.3) is 0 Å². The molecule has 1 amide bonds. The molecule has 8 heteroatoms. The normalized spacial score (nSPS) is 10.4.